The molecule has 0 aliphatic heterocycles. The number of rotatable bonds is 5. The summed E-state index contributed by atoms with van der Waals surface area (Å²) in [5.74, 6) is 1.14. The molecule has 42 heavy (non-hydrogen) atoms. The van der Waals surface area contributed by atoms with Crippen LogP contribution in [0.5, 0.6) is 0 Å². The molecule has 0 spiro atoms. The van der Waals surface area contributed by atoms with Crippen molar-refractivity contribution in [2.75, 3.05) is 4.90 Å². The Labute approximate surface area is 246 Å². The van der Waals surface area contributed by atoms with Crippen molar-refractivity contribution in [1.82, 2.24) is 0 Å². The van der Waals surface area contributed by atoms with Crippen molar-refractivity contribution in [2.24, 2.45) is 0 Å². The van der Waals surface area contributed by atoms with Crippen molar-refractivity contribution in [1.29, 1.82) is 0 Å². The summed E-state index contributed by atoms with van der Waals surface area (Å²) in [5.41, 5.74) is 13.4. The van der Waals surface area contributed by atoms with Gasteiger partial charge in [-0.1, -0.05) is 97.1 Å². The molecule has 0 unspecified atom stereocenters. The maximum atomic E-state index is 6.59. The fourth-order valence-electron chi connectivity index (χ4n) is 6.60. The second-order valence-corrected chi connectivity index (χ2v) is 11.2. The second kappa shape index (κ2) is 10.4. The minimum Gasteiger partial charge on any atom is -0.460 e. The van der Waals surface area contributed by atoms with Gasteiger partial charge in [0.25, 0.3) is 0 Å². The zero-order chi connectivity index (χ0) is 27.9. The predicted octanol–water partition coefficient (Wildman–Crippen LogP) is 11.3. The zero-order valence-electron chi connectivity index (χ0n) is 23.5. The molecule has 8 rings (SSSR count). The summed E-state index contributed by atoms with van der Waals surface area (Å²) in [6, 6.07) is 45.6. The molecule has 0 N–H and O–H groups in total. The van der Waals surface area contributed by atoms with Crippen molar-refractivity contribution < 1.29 is 4.42 Å². The molecule has 1 aromatic heterocycles. The minimum atomic E-state index is 0.964. The van der Waals surface area contributed by atoms with Gasteiger partial charge in [-0.2, -0.15) is 0 Å². The Hall–Kier alpha value is -5.08. The molecule has 202 valence electrons. The van der Waals surface area contributed by atoms with Crippen LogP contribution in [-0.2, 0) is 6.42 Å². The second-order valence-electron chi connectivity index (χ2n) is 11.2. The SMILES string of the molecule is C1=CC2=C(CC1)c1c(oc3cc(N(c4ccc(-c5ccccc5)cc4)c4cccc(-c5ccccc5)c4)ccc13)CC2. The van der Waals surface area contributed by atoms with E-state index >= 15 is 0 Å². The van der Waals surface area contributed by atoms with Crippen LogP contribution in [0.15, 0.2) is 150 Å². The first-order valence-electron chi connectivity index (χ1n) is 14.9. The lowest BCUT2D eigenvalue weighted by Gasteiger charge is -2.26. The average molecular weight is 542 g/mol. The van der Waals surface area contributed by atoms with Crippen molar-refractivity contribution in [3.63, 3.8) is 0 Å². The molecule has 0 fully saturated rings. The average Bonchev–Trinajstić information content (AvgIpc) is 3.45. The van der Waals surface area contributed by atoms with Gasteiger partial charge in [0, 0.05) is 40.5 Å². The molecule has 2 heteroatoms. The van der Waals surface area contributed by atoms with Gasteiger partial charge in [-0.25, -0.2) is 0 Å². The normalized spacial score (nSPS) is 14.1. The van der Waals surface area contributed by atoms with Crippen LogP contribution in [0.4, 0.5) is 17.1 Å². The summed E-state index contributed by atoms with van der Waals surface area (Å²) in [6.45, 7) is 0. The molecule has 0 saturated carbocycles. The number of aryl methyl sites for hydroxylation is 1. The summed E-state index contributed by atoms with van der Waals surface area (Å²) in [4.78, 5) is 2.34. The van der Waals surface area contributed by atoms with Crippen molar-refractivity contribution >= 4 is 33.6 Å². The van der Waals surface area contributed by atoms with E-state index in [0.717, 1.165) is 54.1 Å². The third-order valence-electron chi connectivity index (χ3n) is 8.64. The molecule has 0 amide bonds. The van der Waals surface area contributed by atoms with Crippen LogP contribution in [0.1, 0.15) is 30.6 Å². The number of anilines is 3. The van der Waals surface area contributed by atoms with E-state index in [1.807, 2.05) is 0 Å². The van der Waals surface area contributed by atoms with E-state index in [2.05, 4.69) is 144 Å². The van der Waals surface area contributed by atoms with Crippen LogP contribution in [0.2, 0.25) is 0 Å². The van der Waals surface area contributed by atoms with Crippen molar-refractivity contribution in [3.8, 4) is 22.3 Å². The summed E-state index contributed by atoms with van der Waals surface area (Å²) in [6.07, 6.45) is 8.88. The summed E-state index contributed by atoms with van der Waals surface area (Å²) in [5, 5.41) is 1.23. The number of nitrogens with zero attached hydrogens (tertiary/aromatic N) is 1. The van der Waals surface area contributed by atoms with Crippen LogP contribution in [0, 0.1) is 0 Å². The van der Waals surface area contributed by atoms with Gasteiger partial charge in [0.05, 0.1) is 0 Å². The van der Waals surface area contributed by atoms with Gasteiger partial charge in [-0.3, -0.25) is 0 Å². The van der Waals surface area contributed by atoms with Crippen LogP contribution in [-0.4, -0.2) is 0 Å². The molecule has 2 aliphatic rings. The number of hydrogen-bond acceptors (Lipinski definition) is 2. The summed E-state index contributed by atoms with van der Waals surface area (Å²) < 4.78 is 6.59. The lowest BCUT2D eigenvalue weighted by Crippen LogP contribution is -2.10. The third-order valence-corrected chi connectivity index (χ3v) is 8.64. The Kier molecular flexibility index (Phi) is 6.11. The Morgan fingerprint density at radius 3 is 1.98 bits per heavy atom. The van der Waals surface area contributed by atoms with Gasteiger partial charge in [-0.05, 0) is 89.1 Å². The van der Waals surface area contributed by atoms with E-state index in [1.54, 1.807) is 0 Å². The molecule has 0 bridgehead atoms. The topological polar surface area (TPSA) is 16.4 Å². The Balaban J connectivity index is 1.26. The van der Waals surface area contributed by atoms with Crippen LogP contribution in [0.3, 0.4) is 0 Å². The molecule has 2 aliphatic carbocycles. The molecule has 0 saturated heterocycles. The van der Waals surface area contributed by atoms with Crippen LogP contribution < -0.4 is 4.90 Å². The smallest absolute Gasteiger partial charge is 0.137 e. The van der Waals surface area contributed by atoms with Gasteiger partial charge >= 0.3 is 0 Å². The van der Waals surface area contributed by atoms with E-state index in [9.17, 15) is 0 Å². The largest absolute Gasteiger partial charge is 0.460 e. The van der Waals surface area contributed by atoms with Gasteiger partial charge in [-0.15, -0.1) is 0 Å². The Bertz CT molecular complexity index is 1960. The van der Waals surface area contributed by atoms with E-state index in [4.69, 9.17) is 4.42 Å². The number of benzene rings is 5. The van der Waals surface area contributed by atoms with Gasteiger partial charge in [0.1, 0.15) is 11.3 Å². The fourth-order valence-corrected chi connectivity index (χ4v) is 6.60. The number of allylic oxidation sites excluding steroid dienone is 4. The molecular weight excluding hydrogens is 510 g/mol. The maximum Gasteiger partial charge on any atom is 0.137 e. The molecule has 6 aromatic rings. The highest BCUT2D eigenvalue weighted by Gasteiger charge is 2.26. The zero-order valence-corrected chi connectivity index (χ0v) is 23.5. The maximum absolute atomic E-state index is 6.59. The lowest BCUT2D eigenvalue weighted by molar-refractivity contribution is 0.542. The minimum absolute atomic E-state index is 0.964. The van der Waals surface area contributed by atoms with Crippen molar-refractivity contribution in [2.45, 2.75) is 25.7 Å². The van der Waals surface area contributed by atoms with Crippen LogP contribution >= 0.6 is 0 Å². The van der Waals surface area contributed by atoms with Gasteiger partial charge < -0.3 is 9.32 Å². The van der Waals surface area contributed by atoms with Gasteiger partial charge in [0.15, 0.2) is 0 Å². The highest BCUT2D eigenvalue weighted by Crippen LogP contribution is 2.45. The molecule has 1 heterocycles. The van der Waals surface area contributed by atoms with E-state index < -0.39 is 0 Å². The molecule has 0 atom stereocenters. The highest BCUT2D eigenvalue weighted by molar-refractivity contribution is 5.97. The monoisotopic (exact) mass is 541 g/mol. The molecular formula is C40H31NO. The van der Waals surface area contributed by atoms with E-state index in [1.165, 1.54) is 44.3 Å². The highest BCUT2D eigenvalue weighted by atomic mass is 16.3. The number of hydrogen-bond donors (Lipinski definition) is 0. The molecule has 5 aromatic carbocycles. The van der Waals surface area contributed by atoms with E-state index in [0.29, 0.717) is 0 Å². The standard InChI is InChI=1S/C40H31NO/c1-3-10-28(11-4-1)30-18-21-33(22-19-30)41(34-16-9-15-32(26-34)29-12-5-2-6-13-29)35-23-24-37-39(27-35)42-38-25-20-31-14-7-8-17-36(31)40(37)38/h1-7,9-16,18-19,21-24,26-27H,8,17,20,25H2. The Morgan fingerprint density at radius 2 is 1.19 bits per heavy atom. The first-order chi connectivity index (χ1) is 20.8. The Morgan fingerprint density at radius 1 is 0.524 bits per heavy atom. The summed E-state index contributed by atoms with van der Waals surface area (Å²) >= 11 is 0. The first-order valence-corrected chi connectivity index (χ1v) is 14.9. The lowest BCUT2D eigenvalue weighted by atomic mass is 9.83. The van der Waals surface area contributed by atoms with E-state index in [-0.39, 0.29) is 0 Å². The van der Waals surface area contributed by atoms with Crippen molar-refractivity contribution in [3.05, 3.63) is 156 Å². The summed E-state index contributed by atoms with van der Waals surface area (Å²) in [7, 11) is 0. The first kappa shape index (κ1) is 24.7. The number of furan rings is 1. The molecule has 0 radical (unpaired) electrons. The molecule has 2 nitrogen and oxygen atoms in total. The predicted molar refractivity (Wildman–Crippen MR) is 175 cm³/mol. The number of fused-ring (bicyclic) bond motifs is 4. The van der Waals surface area contributed by atoms with Crippen LogP contribution in [0.25, 0.3) is 38.8 Å². The quantitative estimate of drug-likeness (QED) is 0.216. The fraction of sp³-hybridized carbons (Fsp3) is 0.100. The third kappa shape index (κ3) is 4.37. The van der Waals surface area contributed by atoms with Gasteiger partial charge in [0.2, 0.25) is 0 Å².